The Morgan fingerprint density at radius 1 is 0.954 bits per heavy atom. The summed E-state index contributed by atoms with van der Waals surface area (Å²) in [5.74, 6) is -6.37. The summed E-state index contributed by atoms with van der Waals surface area (Å²) in [6, 6.07) is 4.87. The van der Waals surface area contributed by atoms with Gasteiger partial charge < -0.3 is 5.32 Å². The predicted octanol–water partition coefficient (Wildman–Crippen LogP) is 8.14. The number of fused-ring (bicyclic) bond motifs is 2. The van der Waals surface area contributed by atoms with Gasteiger partial charge in [-0.15, -0.1) is 0 Å². The van der Waals surface area contributed by atoms with E-state index >= 15 is 8.78 Å². The van der Waals surface area contributed by atoms with Gasteiger partial charge in [0.2, 0.25) is 5.91 Å². The van der Waals surface area contributed by atoms with Crippen molar-refractivity contribution in [2.75, 3.05) is 11.0 Å². The lowest BCUT2D eigenvalue weighted by Crippen LogP contribution is -2.35. The largest absolute Gasteiger partial charge is 0.435 e. The molecule has 3 atom stereocenters. The predicted molar refractivity (Wildman–Crippen MR) is 215 cm³/mol. The summed E-state index contributed by atoms with van der Waals surface area (Å²) in [4.78, 5) is 18.5. The van der Waals surface area contributed by atoms with Crippen molar-refractivity contribution in [2.45, 2.75) is 82.2 Å². The maximum absolute atomic E-state index is 15.7. The number of halogens is 11. The average molecular weight is 986 g/mol. The molecule has 26 heteroatoms. The van der Waals surface area contributed by atoms with E-state index in [9.17, 15) is 61.3 Å². The number of hydrogen-bond donors (Lipinski definition) is 3. The van der Waals surface area contributed by atoms with E-state index in [0.29, 0.717) is 6.07 Å². The second kappa shape index (κ2) is 16.8. The van der Waals surface area contributed by atoms with Gasteiger partial charge >= 0.3 is 22.7 Å². The number of anilines is 1. The van der Waals surface area contributed by atoms with Gasteiger partial charge in [-0.3, -0.25) is 18.7 Å². The van der Waals surface area contributed by atoms with Crippen LogP contribution in [-0.2, 0) is 56.5 Å². The van der Waals surface area contributed by atoms with E-state index in [-0.39, 0.29) is 31.7 Å². The van der Waals surface area contributed by atoms with E-state index in [1.54, 1.807) is 4.72 Å². The van der Waals surface area contributed by atoms with Gasteiger partial charge in [-0.05, 0) is 68.0 Å². The van der Waals surface area contributed by atoms with Crippen LogP contribution in [0, 0.1) is 29.4 Å². The van der Waals surface area contributed by atoms with Crippen LogP contribution in [0.4, 0.5) is 49.7 Å². The monoisotopic (exact) mass is 985 g/mol. The Labute approximate surface area is 368 Å². The Morgan fingerprint density at radius 2 is 1.57 bits per heavy atom. The summed E-state index contributed by atoms with van der Waals surface area (Å²) in [6.45, 7) is 1.42. The van der Waals surface area contributed by atoms with E-state index in [2.05, 4.69) is 32.3 Å². The SMILES string of the molecule is C[C@@H]1c2c(C(F)(F)F)nn(CC(=O)N[C@@H](Cc3cc(F)cc(F)c3)c3nc(C#CC(C)(C)S(C)(=O)=O)ccc3-c3ccc(Cl)c4c(NS(=O)(=O)O)nn(CC(F)(F)F)c34)c2C(F)(F)[C@@H]1C. The van der Waals surface area contributed by atoms with Crippen molar-refractivity contribution in [3.8, 4) is 23.0 Å². The Balaban J connectivity index is 1.62. The smallest absolute Gasteiger partial charge is 0.346 e. The normalized spacial score (nSPS) is 17.1. The van der Waals surface area contributed by atoms with Gasteiger partial charge in [-0.1, -0.05) is 37.4 Å². The van der Waals surface area contributed by atoms with Crippen LogP contribution in [0.1, 0.15) is 73.6 Å². The molecule has 13 nitrogen and oxygen atoms in total. The molecule has 65 heavy (non-hydrogen) atoms. The molecule has 2 aromatic carbocycles. The van der Waals surface area contributed by atoms with Gasteiger partial charge in [0.25, 0.3) is 5.92 Å². The second-order valence-electron chi connectivity index (χ2n) is 15.7. The summed E-state index contributed by atoms with van der Waals surface area (Å²) in [5, 5.41) is 8.53. The van der Waals surface area contributed by atoms with Gasteiger partial charge in [-0.2, -0.15) is 53.7 Å². The maximum Gasteiger partial charge on any atom is 0.435 e. The topological polar surface area (TPSA) is 178 Å². The van der Waals surface area contributed by atoms with Crippen molar-refractivity contribution < 1.29 is 70.1 Å². The van der Waals surface area contributed by atoms with Gasteiger partial charge in [0.05, 0.1) is 27.7 Å². The highest BCUT2D eigenvalue weighted by atomic mass is 35.5. The molecule has 5 aromatic rings. The second-order valence-corrected chi connectivity index (χ2v) is 19.9. The van der Waals surface area contributed by atoms with Crippen LogP contribution in [0.2, 0.25) is 5.02 Å². The van der Waals surface area contributed by atoms with Crippen molar-refractivity contribution in [3.05, 3.63) is 93.0 Å². The standard InChI is InChI=1S/C39H34ClF10N7O6S2/c1-18-19(2)38(46,47)34-29(18)33(39(48,49)50)53-56(34)16-28(58)52-27(14-20-12-21(41)15-22(42)13-20)31-24(7-6-23(51-31)10-11-36(3,4)64(5,59)60)25-8-9-26(40)30-32(25)57(17-37(43,44)45)54-35(30)55-65(61,62)63/h6-9,12-13,15,18-19,27H,14,16-17H2,1-5H3,(H,52,58)(H,54,55)(H,61,62,63)/t18-,19+,27-/m0/s1. The van der Waals surface area contributed by atoms with Crippen LogP contribution in [0.5, 0.6) is 0 Å². The molecule has 3 N–H and O–H groups in total. The zero-order chi connectivity index (χ0) is 48.6. The number of carbonyl (C=O) groups is 1. The van der Waals surface area contributed by atoms with E-state index in [0.717, 1.165) is 56.5 Å². The molecule has 1 aliphatic rings. The molecule has 0 unspecified atom stereocenters. The summed E-state index contributed by atoms with van der Waals surface area (Å²) in [5.41, 5.74) is -5.79. The number of amides is 1. The zero-order valence-corrected chi connectivity index (χ0v) is 36.5. The zero-order valence-electron chi connectivity index (χ0n) is 34.1. The minimum atomic E-state index is -5.24. The number of nitrogens with one attached hydrogen (secondary N) is 2. The lowest BCUT2D eigenvalue weighted by molar-refractivity contribution is -0.143. The fraction of sp³-hybridized carbons (Fsp3) is 0.385. The highest BCUT2D eigenvalue weighted by Gasteiger charge is 2.57. The highest BCUT2D eigenvalue weighted by molar-refractivity contribution is 7.92. The fourth-order valence-electron chi connectivity index (χ4n) is 7.24. The fourth-order valence-corrected chi connectivity index (χ4v) is 8.11. The first-order chi connectivity index (χ1) is 29.7. The number of benzene rings is 2. The minimum absolute atomic E-state index is 0.179. The first kappa shape index (κ1) is 49.0. The van der Waals surface area contributed by atoms with Crippen molar-refractivity contribution >= 4 is 54.4 Å². The summed E-state index contributed by atoms with van der Waals surface area (Å²) in [6.07, 6.45) is -10.1. The quantitative estimate of drug-likeness (QED) is 0.0670. The number of sulfone groups is 1. The number of carbonyl (C=O) groups excluding carboxylic acids is 1. The Hall–Kier alpha value is -5.45. The van der Waals surface area contributed by atoms with Crippen molar-refractivity contribution in [1.82, 2.24) is 29.9 Å². The Morgan fingerprint density at radius 3 is 2.14 bits per heavy atom. The lowest BCUT2D eigenvalue weighted by Gasteiger charge is -2.24. The van der Waals surface area contributed by atoms with Crippen LogP contribution in [-0.4, -0.2) is 69.0 Å². The summed E-state index contributed by atoms with van der Waals surface area (Å²) < 4.78 is 204. The van der Waals surface area contributed by atoms with E-state index in [4.69, 9.17) is 11.6 Å². The van der Waals surface area contributed by atoms with Gasteiger partial charge in [-0.25, -0.2) is 26.9 Å². The van der Waals surface area contributed by atoms with Crippen LogP contribution >= 0.6 is 11.6 Å². The Bertz CT molecular complexity index is 3010. The van der Waals surface area contributed by atoms with Crippen LogP contribution in [0.3, 0.4) is 0 Å². The van der Waals surface area contributed by atoms with Gasteiger partial charge in [0.15, 0.2) is 21.3 Å². The summed E-state index contributed by atoms with van der Waals surface area (Å²) >= 11 is 6.38. The van der Waals surface area contributed by atoms with Crippen molar-refractivity contribution in [3.63, 3.8) is 0 Å². The molecule has 0 bridgehead atoms. The molecular formula is C39H34ClF10N7O6S2. The molecule has 0 saturated heterocycles. The van der Waals surface area contributed by atoms with E-state index < -0.39 is 142 Å². The number of hydrogen-bond acceptors (Lipinski definition) is 8. The molecule has 3 heterocycles. The average Bonchev–Trinajstić information content (AvgIpc) is 3.75. The lowest BCUT2D eigenvalue weighted by atomic mass is 9.93. The molecule has 0 aliphatic heterocycles. The van der Waals surface area contributed by atoms with Crippen molar-refractivity contribution in [1.29, 1.82) is 0 Å². The highest BCUT2D eigenvalue weighted by Crippen LogP contribution is 2.55. The molecule has 1 aliphatic carbocycles. The third-order valence-electron chi connectivity index (χ3n) is 10.7. The third kappa shape index (κ3) is 10.2. The Kier molecular flexibility index (Phi) is 12.6. The number of alkyl halides is 8. The molecular weight excluding hydrogens is 952 g/mol. The van der Waals surface area contributed by atoms with E-state index in [1.165, 1.54) is 13.8 Å². The molecule has 1 amide bonds. The molecule has 0 spiro atoms. The van der Waals surface area contributed by atoms with Crippen LogP contribution in [0.25, 0.3) is 22.0 Å². The molecule has 350 valence electrons. The first-order valence-corrected chi connectivity index (χ1v) is 22.4. The molecule has 6 rings (SSSR count). The van der Waals surface area contributed by atoms with Gasteiger partial charge in [0.1, 0.15) is 40.9 Å². The number of nitrogens with zero attached hydrogens (tertiary/aromatic N) is 5. The van der Waals surface area contributed by atoms with Crippen LogP contribution < -0.4 is 10.0 Å². The number of aromatic nitrogens is 5. The first-order valence-electron chi connectivity index (χ1n) is 18.7. The third-order valence-corrected chi connectivity index (χ3v) is 13.4. The number of rotatable bonds is 11. The molecule has 3 aromatic heterocycles. The van der Waals surface area contributed by atoms with Gasteiger partial charge in [0, 0.05) is 34.9 Å². The molecule has 0 radical (unpaired) electrons. The maximum atomic E-state index is 15.7. The summed E-state index contributed by atoms with van der Waals surface area (Å²) in [7, 11) is -9.09. The van der Waals surface area contributed by atoms with E-state index in [1.807, 2.05) is 0 Å². The molecule has 0 saturated carbocycles. The molecule has 0 fully saturated rings. The van der Waals surface area contributed by atoms with Crippen molar-refractivity contribution in [2.24, 2.45) is 5.92 Å². The minimum Gasteiger partial charge on any atom is -0.346 e. The van der Waals surface area contributed by atoms with Crippen LogP contribution in [0.15, 0.2) is 42.5 Å². The number of pyridine rings is 1.